The first kappa shape index (κ1) is 14.4. The average molecular weight is 316 g/mol. The Bertz CT molecular complexity index is 763. The fourth-order valence-corrected chi connectivity index (χ4v) is 2.92. The van der Waals surface area contributed by atoms with E-state index in [2.05, 4.69) is 47.8 Å². The van der Waals surface area contributed by atoms with Crippen LogP contribution in [0.25, 0.3) is 10.8 Å². The lowest BCUT2D eigenvalue weighted by molar-refractivity contribution is 0.697. The molecular weight excluding hydrogens is 301 g/mol. The van der Waals surface area contributed by atoms with E-state index in [4.69, 9.17) is 23.2 Å². The largest absolute Gasteiger partial charge is 0.309 e. The third kappa shape index (κ3) is 3.38. The van der Waals surface area contributed by atoms with Gasteiger partial charge in [-0.05, 0) is 34.0 Å². The number of fused-ring (bicyclic) bond motifs is 1. The molecule has 0 heterocycles. The maximum absolute atomic E-state index is 6.18. The Morgan fingerprint density at radius 1 is 0.762 bits per heavy atom. The minimum Gasteiger partial charge on any atom is -0.309 e. The molecular formula is C18H15Cl2N. The quantitative estimate of drug-likeness (QED) is 0.676. The summed E-state index contributed by atoms with van der Waals surface area (Å²) in [4.78, 5) is 0. The van der Waals surface area contributed by atoms with E-state index in [0.29, 0.717) is 10.0 Å². The molecule has 0 radical (unpaired) electrons. The molecule has 1 N–H and O–H groups in total. The molecule has 3 aromatic carbocycles. The van der Waals surface area contributed by atoms with Crippen LogP contribution in [0.5, 0.6) is 0 Å². The molecule has 0 fully saturated rings. The lowest BCUT2D eigenvalue weighted by atomic mass is 10.0. The summed E-state index contributed by atoms with van der Waals surface area (Å²) in [6, 6.07) is 20.4. The molecule has 0 atom stereocenters. The van der Waals surface area contributed by atoms with Crippen molar-refractivity contribution < 1.29 is 0 Å². The Balaban J connectivity index is 1.72. The molecule has 0 bridgehead atoms. The SMILES string of the molecule is Clc1ccc(CNCc2cccc3ccccc23)c(Cl)c1. The zero-order valence-electron chi connectivity index (χ0n) is 11.4. The highest BCUT2D eigenvalue weighted by atomic mass is 35.5. The summed E-state index contributed by atoms with van der Waals surface area (Å²) in [5.41, 5.74) is 2.35. The van der Waals surface area contributed by atoms with Gasteiger partial charge in [-0.1, -0.05) is 71.7 Å². The molecule has 0 saturated heterocycles. The second-order valence-corrected chi connectivity index (χ2v) is 5.82. The first-order chi connectivity index (χ1) is 10.2. The van der Waals surface area contributed by atoms with Crippen LogP contribution in [0.2, 0.25) is 10.0 Å². The molecule has 0 aromatic heterocycles. The molecule has 1 nitrogen and oxygen atoms in total. The van der Waals surface area contributed by atoms with E-state index in [9.17, 15) is 0 Å². The van der Waals surface area contributed by atoms with Gasteiger partial charge in [-0.15, -0.1) is 0 Å². The molecule has 0 saturated carbocycles. The van der Waals surface area contributed by atoms with Crippen LogP contribution in [0.15, 0.2) is 60.7 Å². The lowest BCUT2D eigenvalue weighted by Gasteiger charge is -2.09. The Hall–Kier alpha value is -1.54. The standard InChI is InChI=1S/C18H15Cl2N/c19-16-9-8-15(18(20)10-16)12-21-11-14-6-3-5-13-4-1-2-7-17(13)14/h1-10,21H,11-12H2. The Kier molecular flexibility index (Phi) is 4.45. The van der Waals surface area contributed by atoms with Crippen LogP contribution < -0.4 is 5.32 Å². The molecule has 0 aliphatic rings. The number of benzene rings is 3. The molecule has 3 aromatic rings. The van der Waals surface area contributed by atoms with Gasteiger partial charge in [0, 0.05) is 23.1 Å². The van der Waals surface area contributed by atoms with E-state index in [-0.39, 0.29) is 0 Å². The van der Waals surface area contributed by atoms with Crippen molar-refractivity contribution in [1.29, 1.82) is 0 Å². The minimum absolute atomic E-state index is 0.665. The smallest absolute Gasteiger partial charge is 0.0465 e. The van der Waals surface area contributed by atoms with Gasteiger partial charge in [0.1, 0.15) is 0 Å². The van der Waals surface area contributed by atoms with Gasteiger partial charge in [0.15, 0.2) is 0 Å². The second kappa shape index (κ2) is 6.48. The van der Waals surface area contributed by atoms with Gasteiger partial charge in [-0.2, -0.15) is 0 Å². The highest BCUT2D eigenvalue weighted by Gasteiger charge is 2.03. The van der Waals surface area contributed by atoms with E-state index in [1.807, 2.05) is 12.1 Å². The van der Waals surface area contributed by atoms with Crippen molar-refractivity contribution in [2.75, 3.05) is 0 Å². The summed E-state index contributed by atoms with van der Waals surface area (Å²) in [5, 5.41) is 7.36. The number of hydrogen-bond donors (Lipinski definition) is 1. The Labute approximate surface area is 134 Å². The summed E-state index contributed by atoms with van der Waals surface area (Å²) >= 11 is 12.1. The maximum Gasteiger partial charge on any atom is 0.0465 e. The Morgan fingerprint density at radius 3 is 2.38 bits per heavy atom. The zero-order chi connectivity index (χ0) is 14.7. The van der Waals surface area contributed by atoms with E-state index in [0.717, 1.165) is 18.7 Å². The van der Waals surface area contributed by atoms with Crippen LogP contribution in [-0.4, -0.2) is 0 Å². The second-order valence-electron chi connectivity index (χ2n) is 4.98. The molecule has 0 aliphatic heterocycles. The highest BCUT2D eigenvalue weighted by Crippen LogP contribution is 2.21. The minimum atomic E-state index is 0.665. The molecule has 0 amide bonds. The molecule has 0 aliphatic carbocycles. The number of halogens is 2. The monoisotopic (exact) mass is 315 g/mol. The van der Waals surface area contributed by atoms with Gasteiger partial charge in [0.25, 0.3) is 0 Å². The van der Waals surface area contributed by atoms with Gasteiger partial charge in [0.2, 0.25) is 0 Å². The fourth-order valence-electron chi connectivity index (χ4n) is 2.44. The van der Waals surface area contributed by atoms with Gasteiger partial charge in [-0.3, -0.25) is 0 Å². The average Bonchev–Trinajstić information content (AvgIpc) is 2.50. The van der Waals surface area contributed by atoms with Crippen LogP contribution in [0.3, 0.4) is 0 Å². The third-order valence-electron chi connectivity index (χ3n) is 3.53. The van der Waals surface area contributed by atoms with Crippen molar-refractivity contribution in [3.63, 3.8) is 0 Å². The predicted octanol–water partition coefficient (Wildman–Crippen LogP) is 5.44. The molecule has 3 heteroatoms. The molecule has 0 unspecified atom stereocenters. The van der Waals surface area contributed by atoms with Crippen molar-refractivity contribution in [3.05, 3.63) is 81.8 Å². The summed E-state index contributed by atoms with van der Waals surface area (Å²) in [5.74, 6) is 0. The van der Waals surface area contributed by atoms with E-state index < -0.39 is 0 Å². The zero-order valence-corrected chi connectivity index (χ0v) is 13.0. The van der Waals surface area contributed by atoms with Crippen molar-refractivity contribution in [3.8, 4) is 0 Å². The number of nitrogens with one attached hydrogen (secondary N) is 1. The van der Waals surface area contributed by atoms with Crippen LogP contribution in [0, 0.1) is 0 Å². The van der Waals surface area contributed by atoms with E-state index in [1.54, 1.807) is 6.07 Å². The summed E-state index contributed by atoms with van der Waals surface area (Å²) in [7, 11) is 0. The lowest BCUT2D eigenvalue weighted by Crippen LogP contribution is -2.13. The number of hydrogen-bond acceptors (Lipinski definition) is 1. The van der Waals surface area contributed by atoms with Crippen LogP contribution in [-0.2, 0) is 13.1 Å². The first-order valence-corrected chi connectivity index (χ1v) is 7.61. The van der Waals surface area contributed by atoms with Crippen molar-refractivity contribution >= 4 is 34.0 Å². The van der Waals surface area contributed by atoms with Crippen molar-refractivity contribution in [1.82, 2.24) is 5.32 Å². The predicted molar refractivity (Wildman–Crippen MR) is 91.0 cm³/mol. The third-order valence-corrected chi connectivity index (χ3v) is 4.11. The topological polar surface area (TPSA) is 12.0 Å². The molecule has 106 valence electrons. The van der Waals surface area contributed by atoms with Gasteiger partial charge < -0.3 is 5.32 Å². The van der Waals surface area contributed by atoms with Crippen molar-refractivity contribution in [2.45, 2.75) is 13.1 Å². The van der Waals surface area contributed by atoms with Crippen LogP contribution >= 0.6 is 23.2 Å². The van der Waals surface area contributed by atoms with Crippen LogP contribution in [0.1, 0.15) is 11.1 Å². The van der Waals surface area contributed by atoms with Gasteiger partial charge >= 0.3 is 0 Å². The van der Waals surface area contributed by atoms with Gasteiger partial charge in [-0.25, -0.2) is 0 Å². The summed E-state index contributed by atoms with van der Waals surface area (Å²) in [6.07, 6.45) is 0. The van der Waals surface area contributed by atoms with E-state index in [1.165, 1.54) is 16.3 Å². The van der Waals surface area contributed by atoms with Crippen molar-refractivity contribution in [2.24, 2.45) is 0 Å². The molecule has 3 rings (SSSR count). The molecule has 21 heavy (non-hydrogen) atoms. The summed E-state index contributed by atoms with van der Waals surface area (Å²) in [6.45, 7) is 1.53. The Morgan fingerprint density at radius 2 is 1.52 bits per heavy atom. The molecule has 0 spiro atoms. The fraction of sp³-hybridized carbons (Fsp3) is 0.111. The maximum atomic E-state index is 6.18. The summed E-state index contributed by atoms with van der Waals surface area (Å²) < 4.78 is 0. The van der Waals surface area contributed by atoms with Crippen LogP contribution in [0.4, 0.5) is 0 Å². The first-order valence-electron chi connectivity index (χ1n) is 6.85. The van der Waals surface area contributed by atoms with Gasteiger partial charge in [0.05, 0.1) is 0 Å². The van der Waals surface area contributed by atoms with E-state index >= 15 is 0 Å². The normalized spacial score (nSPS) is 11.0. The number of rotatable bonds is 4. The highest BCUT2D eigenvalue weighted by molar-refractivity contribution is 6.35.